The second-order valence-electron chi connectivity index (χ2n) is 9.82. The molecule has 0 aliphatic carbocycles. The van der Waals surface area contributed by atoms with Crippen LogP contribution in [0, 0.1) is 0 Å². The van der Waals surface area contributed by atoms with E-state index in [1.165, 1.54) is 57.9 Å². The van der Waals surface area contributed by atoms with Crippen molar-refractivity contribution < 1.29 is 13.9 Å². The first-order valence-electron chi connectivity index (χ1n) is 11.7. The average Bonchev–Trinajstić information content (AvgIpc) is 2.58. The molecule has 0 fully saturated rings. The summed E-state index contributed by atoms with van der Waals surface area (Å²) in [4.78, 5) is 0. The van der Waals surface area contributed by atoms with Gasteiger partial charge in [0.05, 0.1) is 33.0 Å². The van der Waals surface area contributed by atoms with Crippen molar-refractivity contribution in [2.45, 2.75) is 97.6 Å². The van der Waals surface area contributed by atoms with Gasteiger partial charge < -0.3 is 18.5 Å². The maximum Gasteiger partial charge on any atom is 0.183 e. The molecule has 4 nitrogen and oxygen atoms in total. The molecule has 0 rings (SSSR count). The predicted octanol–water partition coefficient (Wildman–Crippen LogP) is 6.15. The fraction of sp³-hybridized carbons (Fsp3) is 1.00. The van der Waals surface area contributed by atoms with Gasteiger partial charge in [0, 0.05) is 6.54 Å². The van der Waals surface area contributed by atoms with Crippen molar-refractivity contribution in [2.24, 2.45) is 0 Å². The Kier molecular flexibility index (Phi) is 17.2. The molecule has 0 aliphatic rings. The standard InChI is InChI=1S/C22H51NO3Si2/c1-8-9-10-11-12-13-14-15-16-23(27(2,3)4)17-18-24-19-20-25-21-22-26-28(5,6)7/h8-22H2,1-7H3. The van der Waals surface area contributed by atoms with Crippen LogP contribution < -0.4 is 0 Å². The zero-order valence-corrected chi connectivity index (χ0v) is 22.3. The van der Waals surface area contributed by atoms with Gasteiger partial charge in [-0.1, -0.05) is 71.5 Å². The fourth-order valence-corrected chi connectivity index (χ4v) is 5.41. The van der Waals surface area contributed by atoms with Gasteiger partial charge in [0.15, 0.2) is 8.32 Å². The van der Waals surface area contributed by atoms with Gasteiger partial charge in [0.25, 0.3) is 0 Å². The van der Waals surface area contributed by atoms with Crippen LogP contribution in [0.15, 0.2) is 0 Å². The molecule has 0 saturated heterocycles. The molecule has 0 aliphatic heterocycles. The van der Waals surface area contributed by atoms with Gasteiger partial charge >= 0.3 is 0 Å². The van der Waals surface area contributed by atoms with Crippen LogP contribution in [0.25, 0.3) is 0 Å². The van der Waals surface area contributed by atoms with Gasteiger partial charge in [-0.2, -0.15) is 0 Å². The summed E-state index contributed by atoms with van der Waals surface area (Å²) in [5.41, 5.74) is 0. The van der Waals surface area contributed by atoms with E-state index in [2.05, 4.69) is 50.8 Å². The number of ether oxygens (including phenoxy) is 2. The number of hydrogen-bond acceptors (Lipinski definition) is 4. The molecule has 0 amide bonds. The van der Waals surface area contributed by atoms with Crippen molar-refractivity contribution in [1.29, 1.82) is 0 Å². The molecule has 0 heterocycles. The molecule has 0 N–H and O–H groups in total. The molecule has 0 aromatic rings. The van der Waals surface area contributed by atoms with E-state index in [0.29, 0.717) is 26.4 Å². The highest BCUT2D eigenvalue weighted by Gasteiger charge is 2.22. The van der Waals surface area contributed by atoms with Crippen LogP contribution >= 0.6 is 0 Å². The lowest BCUT2D eigenvalue weighted by molar-refractivity contribution is 0.0325. The Bertz CT molecular complexity index is 344. The zero-order chi connectivity index (χ0) is 21.3. The van der Waals surface area contributed by atoms with Gasteiger partial charge in [0.2, 0.25) is 0 Å². The number of nitrogens with zero attached hydrogens (tertiary/aromatic N) is 1. The normalized spacial score (nSPS) is 12.9. The molecule has 0 atom stereocenters. The highest BCUT2D eigenvalue weighted by Crippen LogP contribution is 2.13. The Balaban J connectivity index is 3.68. The van der Waals surface area contributed by atoms with Crippen molar-refractivity contribution in [2.75, 3.05) is 46.1 Å². The number of hydrogen-bond donors (Lipinski definition) is 0. The molecule has 0 bridgehead atoms. The van der Waals surface area contributed by atoms with Gasteiger partial charge in [-0.3, -0.25) is 0 Å². The van der Waals surface area contributed by atoms with Crippen molar-refractivity contribution in [3.8, 4) is 0 Å². The van der Waals surface area contributed by atoms with Crippen LogP contribution in [0.2, 0.25) is 39.3 Å². The van der Waals surface area contributed by atoms with E-state index in [-0.39, 0.29) is 0 Å². The SMILES string of the molecule is CCCCCCCCCCN(CCOCCOCCO[Si](C)(C)C)[Si](C)(C)C. The van der Waals surface area contributed by atoms with Crippen molar-refractivity contribution in [3.05, 3.63) is 0 Å². The van der Waals surface area contributed by atoms with Crippen LogP contribution in [0.5, 0.6) is 0 Å². The lowest BCUT2D eigenvalue weighted by Gasteiger charge is -2.34. The second-order valence-corrected chi connectivity index (χ2v) is 19.3. The third-order valence-electron chi connectivity index (χ3n) is 4.87. The summed E-state index contributed by atoms with van der Waals surface area (Å²) < 4.78 is 19.9. The van der Waals surface area contributed by atoms with Crippen LogP contribution in [-0.4, -0.2) is 67.2 Å². The summed E-state index contributed by atoms with van der Waals surface area (Å²) in [6.45, 7) is 22.1. The van der Waals surface area contributed by atoms with Gasteiger partial charge in [-0.05, 0) is 32.6 Å². The summed E-state index contributed by atoms with van der Waals surface area (Å²) in [5, 5.41) is 0. The maximum absolute atomic E-state index is 5.81. The molecule has 0 saturated carbocycles. The predicted molar refractivity (Wildman–Crippen MR) is 128 cm³/mol. The summed E-state index contributed by atoms with van der Waals surface area (Å²) in [5.74, 6) is 0. The lowest BCUT2D eigenvalue weighted by Crippen LogP contribution is -2.48. The minimum absolute atomic E-state index is 0.667. The lowest BCUT2D eigenvalue weighted by atomic mass is 10.1. The van der Waals surface area contributed by atoms with Gasteiger partial charge in [0.1, 0.15) is 8.24 Å². The third-order valence-corrected chi connectivity index (χ3v) is 8.29. The smallest absolute Gasteiger partial charge is 0.183 e. The minimum atomic E-state index is -1.41. The molecule has 28 heavy (non-hydrogen) atoms. The van der Waals surface area contributed by atoms with E-state index in [1.807, 2.05) is 0 Å². The van der Waals surface area contributed by atoms with Crippen molar-refractivity contribution >= 4 is 16.6 Å². The molecule has 0 spiro atoms. The van der Waals surface area contributed by atoms with E-state index >= 15 is 0 Å². The maximum atomic E-state index is 5.81. The molecule has 0 unspecified atom stereocenters. The molecular weight excluding hydrogens is 382 g/mol. The molecule has 0 radical (unpaired) electrons. The second kappa shape index (κ2) is 17.0. The minimum Gasteiger partial charge on any atom is -0.415 e. The summed E-state index contributed by atoms with van der Waals surface area (Å²) >= 11 is 0. The first kappa shape index (κ1) is 28.3. The van der Waals surface area contributed by atoms with E-state index in [9.17, 15) is 0 Å². The number of rotatable bonds is 20. The molecular formula is C22H51NO3Si2. The average molecular weight is 434 g/mol. The fourth-order valence-electron chi connectivity index (χ4n) is 3.12. The quantitative estimate of drug-likeness (QED) is 0.170. The highest BCUT2D eigenvalue weighted by atomic mass is 28.4. The Morgan fingerprint density at radius 3 is 1.61 bits per heavy atom. The van der Waals surface area contributed by atoms with Crippen LogP contribution in [-0.2, 0) is 13.9 Å². The summed E-state index contributed by atoms with van der Waals surface area (Å²) in [6, 6.07) is 0. The number of unbranched alkanes of at least 4 members (excludes halogenated alkanes) is 7. The van der Waals surface area contributed by atoms with Crippen LogP contribution in [0.4, 0.5) is 0 Å². The largest absolute Gasteiger partial charge is 0.415 e. The summed E-state index contributed by atoms with van der Waals surface area (Å²) in [7, 11) is -2.67. The monoisotopic (exact) mass is 433 g/mol. The van der Waals surface area contributed by atoms with Gasteiger partial charge in [-0.15, -0.1) is 0 Å². The first-order valence-corrected chi connectivity index (χ1v) is 18.6. The Morgan fingerprint density at radius 2 is 1.07 bits per heavy atom. The van der Waals surface area contributed by atoms with Gasteiger partial charge in [-0.25, -0.2) is 0 Å². The van der Waals surface area contributed by atoms with E-state index in [1.54, 1.807) is 0 Å². The van der Waals surface area contributed by atoms with Crippen molar-refractivity contribution in [1.82, 2.24) is 4.57 Å². The van der Waals surface area contributed by atoms with E-state index < -0.39 is 16.6 Å². The third kappa shape index (κ3) is 19.6. The van der Waals surface area contributed by atoms with Crippen LogP contribution in [0.3, 0.4) is 0 Å². The first-order chi connectivity index (χ1) is 13.2. The Labute approximate surface area is 178 Å². The Morgan fingerprint density at radius 1 is 0.571 bits per heavy atom. The summed E-state index contributed by atoms with van der Waals surface area (Å²) in [6.07, 6.45) is 11.1. The van der Waals surface area contributed by atoms with Crippen molar-refractivity contribution in [3.63, 3.8) is 0 Å². The molecule has 170 valence electrons. The molecule has 0 aromatic carbocycles. The Hall–Kier alpha value is 0.274. The van der Waals surface area contributed by atoms with E-state index in [4.69, 9.17) is 13.9 Å². The van der Waals surface area contributed by atoms with Crippen LogP contribution in [0.1, 0.15) is 58.3 Å². The molecule has 0 aromatic heterocycles. The highest BCUT2D eigenvalue weighted by molar-refractivity contribution is 6.73. The molecule has 6 heteroatoms. The zero-order valence-electron chi connectivity index (χ0n) is 20.3. The van der Waals surface area contributed by atoms with E-state index in [0.717, 1.165) is 13.2 Å². The topological polar surface area (TPSA) is 30.9 Å².